The Morgan fingerprint density at radius 2 is 1.64 bits per heavy atom. The normalized spacial score (nSPS) is 15.0. The van der Waals surface area contributed by atoms with Crippen molar-refractivity contribution in [3.05, 3.63) is 70.7 Å². The third kappa shape index (κ3) is 5.71. The molecule has 3 rings (SSSR count). The first-order chi connectivity index (χ1) is 11.7. The van der Waals surface area contributed by atoms with Crippen LogP contribution in [0, 0.1) is 0 Å². The lowest BCUT2D eigenvalue weighted by molar-refractivity contribution is -0.114. The standard InChI is InChI=1S/C21H22ClNO.ClH/c22-19-10-8-17(9-11-19)16-20(18-6-2-1-3-7-18)21(24)12-15-23-13-4-5-14-23;/h1-3,6-11,16H,4-5,12-15H2;1H/b20-16-;. The van der Waals surface area contributed by atoms with E-state index in [1.54, 1.807) is 0 Å². The van der Waals surface area contributed by atoms with Crippen LogP contribution in [0.25, 0.3) is 11.6 Å². The van der Waals surface area contributed by atoms with Crippen molar-refractivity contribution < 1.29 is 4.79 Å². The molecule has 1 aliphatic heterocycles. The van der Waals surface area contributed by atoms with E-state index in [-0.39, 0.29) is 18.2 Å². The van der Waals surface area contributed by atoms with Crippen LogP contribution in [0.1, 0.15) is 30.4 Å². The van der Waals surface area contributed by atoms with Gasteiger partial charge in [-0.25, -0.2) is 0 Å². The lowest BCUT2D eigenvalue weighted by atomic mass is 9.97. The molecule has 0 unspecified atom stereocenters. The van der Waals surface area contributed by atoms with Crippen molar-refractivity contribution in [3.8, 4) is 0 Å². The first kappa shape index (κ1) is 19.7. The van der Waals surface area contributed by atoms with Gasteiger partial charge in [0.2, 0.25) is 0 Å². The van der Waals surface area contributed by atoms with E-state index in [9.17, 15) is 4.79 Å². The molecule has 0 spiro atoms. The monoisotopic (exact) mass is 375 g/mol. The molecule has 1 fully saturated rings. The van der Waals surface area contributed by atoms with Crippen LogP contribution in [0.2, 0.25) is 5.02 Å². The summed E-state index contributed by atoms with van der Waals surface area (Å²) in [5, 5.41) is 0.703. The summed E-state index contributed by atoms with van der Waals surface area (Å²) in [6.45, 7) is 3.09. The van der Waals surface area contributed by atoms with Gasteiger partial charge in [-0.2, -0.15) is 0 Å². The van der Waals surface area contributed by atoms with E-state index in [4.69, 9.17) is 11.6 Å². The Hall–Kier alpha value is -1.61. The molecule has 2 nitrogen and oxygen atoms in total. The number of nitrogens with zero attached hydrogens (tertiary/aromatic N) is 1. The Morgan fingerprint density at radius 3 is 2.28 bits per heavy atom. The molecule has 0 bridgehead atoms. The minimum absolute atomic E-state index is 0. The number of likely N-dealkylation sites (tertiary alicyclic amines) is 1. The van der Waals surface area contributed by atoms with Gasteiger partial charge < -0.3 is 4.90 Å². The second-order valence-corrected chi connectivity index (χ2v) is 6.63. The van der Waals surface area contributed by atoms with E-state index < -0.39 is 0 Å². The predicted octanol–water partition coefficient (Wildman–Crippen LogP) is 5.36. The number of rotatable bonds is 6. The fourth-order valence-corrected chi connectivity index (χ4v) is 3.19. The van der Waals surface area contributed by atoms with Crippen molar-refractivity contribution in [1.82, 2.24) is 4.90 Å². The zero-order valence-electron chi connectivity index (χ0n) is 14.2. The highest BCUT2D eigenvalue weighted by atomic mass is 35.5. The molecule has 25 heavy (non-hydrogen) atoms. The van der Waals surface area contributed by atoms with Crippen LogP contribution in [0.4, 0.5) is 0 Å². The van der Waals surface area contributed by atoms with Crippen LogP contribution in [0.5, 0.6) is 0 Å². The zero-order valence-corrected chi connectivity index (χ0v) is 15.7. The van der Waals surface area contributed by atoms with E-state index in [1.165, 1.54) is 12.8 Å². The lowest BCUT2D eigenvalue weighted by Crippen LogP contribution is -2.22. The minimum Gasteiger partial charge on any atom is -0.303 e. The fourth-order valence-electron chi connectivity index (χ4n) is 3.07. The Bertz CT molecular complexity index is 704. The van der Waals surface area contributed by atoms with Crippen LogP contribution in [0.3, 0.4) is 0 Å². The van der Waals surface area contributed by atoms with Crippen molar-refractivity contribution in [2.24, 2.45) is 0 Å². The van der Waals surface area contributed by atoms with Gasteiger partial charge in [0.15, 0.2) is 5.78 Å². The van der Waals surface area contributed by atoms with Crippen LogP contribution in [-0.2, 0) is 4.79 Å². The van der Waals surface area contributed by atoms with E-state index in [0.29, 0.717) is 11.4 Å². The summed E-state index contributed by atoms with van der Waals surface area (Å²) in [6.07, 6.45) is 5.03. The van der Waals surface area contributed by atoms with Gasteiger partial charge in [-0.1, -0.05) is 54.1 Å². The Balaban J connectivity index is 0.00000225. The van der Waals surface area contributed by atoms with Crippen LogP contribution in [0.15, 0.2) is 54.6 Å². The smallest absolute Gasteiger partial charge is 0.164 e. The Labute approximate surface area is 160 Å². The summed E-state index contributed by atoms with van der Waals surface area (Å²) in [7, 11) is 0. The SMILES string of the molecule is Cl.O=C(CCN1CCCC1)/C(=C\c1ccc(Cl)cc1)c1ccccc1. The highest BCUT2D eigenvalue weighted by Gasteiger charge is 2.16. The summed E-state index contributed by atoms with van der Waals surface area (Å²) in [5.41, 5.74) is 2.74. The molecule has 1 aliphatic rings. The largest absolute Gasteiger partial charge is 0.303 e. The molecule has 0 N–H and O–H groups in total. The third-order valence-corrected chi connectivity index (χ3v) is 4.67. The first-order valence-corrected chi connectivity index (χ1v) is 8.88. The number of ketones is 1. The van der Waals surface area contributed by atoms with Gasteiger partial charge in [-0.15, -0.1) is 12.4 Å². The summed E-state index contributed by atoms with van der Waals surface area (Å²) in [6, 6.07) is 17.5. The molecule has 0 aliphatic carbocycles. The fraction of sp³-hybridized carbons (Fsp3) is 0.286. The molecule has 1 saturated heterocycles. The molecule has 0 radical (unpaired) electrons. The van der Waals surface area contributed by atoms with Crippen molar-refractivity contribution in [2.75, 3.05) is 19.6 Å². The van der Waals surface area contributed by atoms with Crippen molar-refractivity contribution >= 4 is 41.4 Å². The predicted molar refractivity (Wildman–Crippen MR) is 108 cm³/mol. The molecule has 1 heterocycles. The molecule has 2 aromatic carbocycles. The molecule has 0 aromatic heterocycles. The van der Waals surface area contributed by atoms with Crippen LogP contribution in [-0.4, -0.2) is 30.3 Å². The number of carbonyl (C=O) groups is 1. The maximum atomic E-state index is 12.9. The van der Waals surface area contributed by atoms with E-state index in [1.807, 2.05) is 60.7 Å². The van der Waals surface area contributed by atoms with Crippen molar-refractivity contribution in [1.29, 1.82) is 0 Å². The van der Waals surface area contributed by atoms with E-state index in [2.05, 4.69) is 4.90 Å². The molecule has 2 aromatic rings. The van der Waals surface area contributed by atoms with Crippen LogP contribution >= 0.6 is 24.0 Å². The topological polar surface area (TPSA) is 20.3 Å². The number of carbonyl (C=O) groups excluding carboxylic acids is 1. The van der Waals surface area contributed by atoms with Gasteiger partial charge in [0, 0.05) is 23.6 Å². The molecule has 132 valence electrons. The van der Waals surface area contributed by atoms with Crippen LogP contribution < -0.4 is 0 Å². The lowest BCUT2D eigenvalue weighted by Gasteiger charge is -2.14. The van der Waals surface area contributed by atoms with E-state index in [0.717, 1.165) is 36.3 Å². The Morgan fingerprint density at radius 1 is 1.00 bits per heavy atom. The van der Waals surface area contributed by atoms with Gasteiger partial charge in [0.1, 0.15) is 0 Å². The quantitative estimate of drug-likeness (QED) is 0.500. The third-order valence-electron chi connectivity index (χ3n) is 4.42. The minimum atomic E-state index is 0. The maximum Gasteiger partial charge on any atom is 0.164 e. The van der Waals surface area contributed by atoms with Crippen molar-refractivity contribution in [3.63, 3.8) is 0 Å². The maximum absolute atomic E-state index is 12.9. The second kappa shape index (κ2) is 9.76. The number of hydrogen-bond acceptors (Lipinski definition) is 2. The van der Waals surface area contributed by atoms with Gasteiger partial charge >= 0.3 is 0 Å². The number of allylic oxidation sites excluding steroid dienone is 1. The zero-order chi connectivity index (χ0) is 16.8. The summed E-state index contributed by atoms with van der Waals surface area (Å²) >= 11 is 5.96. The molecule has 4 heteroatoms. The second-order valence-electron chi connectivity index (χ2n) is 6.20. The number of Topliss-reactive ketones (excluding diaryl/α,β-unsaturated/α-hetero) is 1. The number of benzene rings is 2. The molecular formula is C21H23Cl2NO. The van der Waals surface area contributed by atoms with Gasteiger partial charge in [0.05, 0.1) is 0 Å². The van der Waals surface area contributed by atoms with E-state index >= 15 is 0 Å². The molecular weight excluding hydrogens is 353 g/mol. The first-order valence-electron chi connectivity index (χ1n) is 8.50. The summed E-state index contributed by atoms with van der Waals surface area (Å²) in [5.74, 6) is 0.197. The highest BCUT2D eigenvalue weighted by Crippen LogP contribution is 2.22. The summed E-state index contributed by atoms with van der Waals surface area (Å²) < 4.78 is 0. The molecule has 0 amide bonds. The van der Waals surface area contributed by atoms with Gasteiger partial charge in [-0.05, 0) is 55.3 Å². The number of halogens is 2. The highest BCUT2D eigenvalue weighted by molar-refractivity contribution is 6.30. The average molecular weight is 376 g/mol. The average Bonchev–Trinajstić information content (AvgIpc) is 3.13. The van der Waals surface area contributed by atoms with Gasteiger partial charge in [0.25, 0.3) is 0 Å². The van der Waals surface area contributed by atoms with Gasteiger partial charge in [-0.3, -0.25) is 4.79 Å². The summed E-state index contributed by atoms with van der Waals surface area (Å²) in [4.78, 5) is 15.2. The van der Waals surface area contributed by atoms with Crippen molar-refractivity contribution in [2.45, 2.75) is 19.3 Å². The molecule has 0 atom stereocenters. The molecule has 0 saturated carbocycles. The Kier molecular flexibility index (Phi) is 7.70. The number of hydrogen-bond donors (Lipinski definition) is 0.